The lowest BCUT2D eigenvalue weighted by Gasteiger charge is -2.07. The summed E-state index contributed by atoms with van der Waals surface area (Å²) in [7, 11) is 0. The van der Waals surface area contributed by atoms with Crippen molar-refractivity contribution in [2.75, 3.05) is 0 Å². The van der Waals surface area contributed by atoms with Crippen molar-refractivity contribution in [3.8, 4) is 5.75 Å². The summed E-state index contributed by atoms with van der Waals surface area (Å²) in [5, 5.41) is 2.53. The van der Waals surface area contributed by atoms with E-state index in [1.54, 1.807) is 16.8 Å². The molecule has 0 unspecified atom stereocenters. The molecule has 1 aromatic carbocycles. The molecule has 0 spiro atoms. The second-order valence-corrected chi connectivity index (χ2v) is 4.36. The molecule has 0 amide bonds. The van der Waals surface area contributed by atoms with E-state index >= 15 is 0 Å². The Morgan fingerprint density at radius 3 is 2.94 bits per heavy atom. The number of rotatable bonds is 4. The fourth-order valence-electron chi connectivity index (χ4n) is 1.25. The van der Waals surface area contributed by atoms with Crippen LogP contribution in [0.4, 0.5) is 0 Å². The molecule has 1 aromatic heterocycles. The van der Waals surface area contributed by atoms with Gasteiger partial charge in [0.25, 0.3) is 0 Å². The zero-order chi connectivity index (χ0) is 11.4. The molecule has 3 nitrogen and oxygen atoms in total. The van der Waals surface area contributed by atoms with Gasteiger partial charge in [0.1, 0.15) is 12.4 Å². The molecular weight excluding hydrogens is 244 g/mol. The van der Waals surface area contributed by atoms with Gasteiger partial charge in [-0.2, -0.15) is 0 Å². The summed E-state index contributed by atoms with van der Waals surface area (Å²) in [5.74, 6) is 0.659. The average molecular weight is 255 g/mol. The Morgan fingerprint density at radius 2 is 2.31 bits per heavy atom. The minimum atomic E-state index is 0.436. The molecule has 0 atom stereocenters. The highest BCUT2D eigenvalue weighted by Gasteiger charge is 2.03. The number of aromatic nitrogens is 1. The first-order chi connectivity index (χ1) is 7.79. The van der Waals surface area contributed by atoms with Crippen molar-refractivity contribution in [2.45, 2.75) is 13.2 Å². The Bertz CT molecular complexity index is 459. The molecule has 0 radical (unpaired) electrons. The van der Waals surface area contributed by atoms with Gasteiger partial charge < -0.3 is 10.5 Å². The first-order valence-corrected chi connectivity index (χ1v) is 6.10. The van der Waals surface area contributed by atoms with Gasteiger partial charge in [0.2, 0.25) is 0 Å². The van der Waals surface area contributed by atoms with Gasteiger partial charge in [-0.1, -0.05) is 17.7 Å². The number of nitrogens with zero attached hydrogens (tertiary/aromatic N) is 1. The fourth-order valence-corrected chi connectivity index (χ4v) is 2.05. The third kappa shape index (κ3) is 2.72. The van der Waals surface area contributed by atoms with E-state index in [-0.39, 0.29) is 0 Å². The van der Waals surface area contributed by atoms with E-state index in [0.717, 1.165) is 11.3 Å². The number of hydrogen-bond acceptors (Lipinski definition) is 4. The van der Waals surface area contributed by atoms with Crippen molar-refractivity contribution in [2.24, 2.45) is 5.73 Å². The summed E-state index contributed by atoms with van der Waals surface area (Å²) in [5.41, 5.74) is 9.19. The zero-order valence-corrected chi connectivity index (χ0v) is 10.1. The smallest absolute Gasteiger partial charge is 0.138 e. The second kappa shape index (κ2) is 5.30. The highest BCUT2D eigenvalue weighted by Crippen LogP contribution is 2.26. The number of benzene rings is 1. The predicted molar refractivity (Wildman–Crippen MR) is 65.8 cm³/mol. The lowest BCUT2D eigenvalue weighted by Crippen LogP contribution is -1.99. The Balaban J connectivity index is 2.04. The summed E-state index contributed by atoms with van der Waals surface area (Å²) < 4.78 is 5.55. The normalized spacial score (nSPS) is 10.4. The molecular formula is C11H11ClN2OS. The third-order valence-electron chi connectivity index (χ3n) is 2.09. The monoisotopic (exact) mass is 254 g/mol. The molecule has 2 rings (SSSR count). The minimum absolute atomic E-state index is 0.436. The molecule has 0 aliphatic heterocycles. The molecule has 1 heterocycles. The third-order valence-corrected chi connectivity index (χ3v) is 3.02. The van der Waals surface area contributed by atoms with Crippen LogP contribution in [0.3, 0.4) is 0 Å². The van der Waals surface area contributed by atoms with Crippen molar-refractivity contribution in [1.82, 2.24) is 4.98 Å². The maximum atomic E-state index is 6.05. The van der Waals surface area contributed by atoms with Gasteiger partial charge in [-0.3, -0.25) is 0 Å². The Labute approximate surface area is 103 Å². The highest BCUT2D eigenvalue weighted by molar-refractivity contribution is 7.07. The van der Waals surface area contributed by atoms with E-state index in [1.165, 1.54) is 0 Å². The quantitative estimate of drug-likeness (QED) is 0.913. The lowest BCUT2D eigenvalue weighted by molar-refractivity contribution is 0.302. The van der Waals surface area contributed by atoms with Crippen LogP contribution in [0.25, 0.3) is 0 Å². The molecule has 16 heavy (non-hydrogen) atoms. The van der Waals surface area contributed by atoms with Crippen molar-refractivity contribution >= 4 is 22.9 Å². The van der Waals surface area contributed by atoms with Crippen LogP contribution in [0.2, 0.25) is 5.02 Å². The Kier molecular flexibility index (Phi) is 3.77. The van der Waals surface area contributed by atoms with Crippen LogP contribution in [0.5, 0.6) is 5.75 Å². The van der Waals surface area contributed by atoms with Crippen molar-refractivity contribution < 1.29 is 4.74 Å². The molecule has 0 aliphatic carbocycles. The van der Waals surface area contributed by atoms with Crippen LogP contribution < -0.4 is 10.5 Å². The number of thiazole rings is 1. The number of ether oxygens (including phenoxy) is 1. The Morgan fingerprint density at radius 1 is 1.44 bits per heavy atom. The van der Waals surface area contributed by atoms with Crippen LogP contribution in [0.1, 0.15) is 11.3 Å². The molecule has 0 fully saturated rings. The maximum absolute atomic E-state index is 6.05. The minimum Gasteiger partial charge on any atom is -0.486 e. The van der Waals surface area contributed by atoms with Crippen LogP contribution in [0, 0.1) is 0 Å². The van der Waals surface area contributed by atoms with E-state index in [4.69, 9.17) is 22.1 Å². The molecule has 0 saturated carbocycles. The predicted octanol–water partition coefficient (Wildman–Crippen LogP) is 2.83. The highest BCUT2D eigenvalue weighted by atomic mass is 35.5. The van der Waals surface area contributed by atoms with Gasteiger partial charge >= 0.3 is 0 Å². The molecule has 2 aromatic rings. The summed E-state index contributed by atoms with van der Waals surface area (Å²) in [6, 6.07) is 5.55. The summed E-state index contributed by atoms with van der Waals surface area (Å²) >= 11 is 7.59. The molecule has 2 N–H and O–H groups in total. The first kappa shape index (κ1) is 11.4. The largest absolute Gasteiger partial charge is 0.486 e. The second-order valence-electron chi connectivity index (χ2n) is 3.24. The standard InChI is InChI=1S/C11H11ClN2OS/c12-10-3-8(4-13)1-2-11(10)15-5-9-6-16-7-14-9/h1-3,6-7H,4-5,13H2. The van der Waals surface area contributed by atoms with Gasteiger partial charge in [-0.15, -0.1) is 11.3 Å². The maximum Gasteiger partial charge on any atom is 0.138 e. The van der Waals surface area contributed by atoms with Crippen LogP contribution in [0.15, 0.2) is 29.1 Å². The van der Waals surface area contributed by atoms with Crippen molar-refractivity contribution in [1.29, 1.82) is 0 Å². The zero-order valence-electron chi connectivity index (χ0n) is 8.52. The SMILES string of the molecule is NCc1ccc(OCc2cscn2)c(Cl)c1. The van der Waals surface area contributed by atoms with Gasteiger partial charge in [0.05, 0.1) is 16.2 Å². The topological polar surface area (TPSA) is 48.1 Å². The molecule has 84 valence electrons. The Hall–Kier alpha value is -1.10. The van der Waals surface area contributed by atoms with Crippen LogP contribution in [-0.4, -0.2) is 4.98 Å². The number of nitrogens with two attached hydrogens (primary N) is 1. The summed E-state index contributed by atoms with van der Waals surface area (Å²) in [6.45, 7) is 0.914. The van der Waals surface area contributed by atoms with Crippen molar-refractivity contribution in [3.63, 3.8) is 0 Å². The molecule has 5 heteroatoms. The van der Waals surface area contributed by atoms with Gasteiger partial charge in [-0.25, -0.2) is 4.98 Å². The van der Waals surface area contributed by atoms with E-state index in [2.05, 4.69) is 4.98 Å². The molecule has 0 saturated heterocycles. The number of halogens is 1. The van der Waals surface area contributed by atoms with E-state index in [0.29, 0.717) is 23.9 Å². The fraction of sp³-hybridized carbons (Fsp3) is 0.182. The van der Waals surface area contributed by atoms with E-state index in [9.17, 15) is 0 Å². The van der Waals surface area contributed by atoms with Gasteiger partial charge in [-0.05, 0) is 17.7 Å². The first-order valence-electron chi connectivity index (χ1n) is 4.78. The number of hydrogen-bond donors (Lipinski definition) is 1. The molecule has 0 aliphatic rings. The average Bonchev–Trinajstić information content (AvgIpc) is 2.80. The van der Waals surface area contributed by atoms with E-state index < -0.39 is 0 Å². The van der Waals surface area contributed by atoms with Crippen molar-refractivity contribution in [3.05, 3.63) is 45.4 Å². The summed E-state index contributed by atoms with van der Waals surface area (Å²) in [6.07, 6.45) is 0. The van der Waals surface area contributed by atoms with Crippen LogP contribution >= 0.6 is 22.9 Å². The van der Waals surface area contributed by atoms with E-state index in [1.807, 2.05) is 23.6 Å². The van der Waals surface area contributed by atoms with Crippen LogP contribution in [-0.2, 0) is 13.2 Å². The molecule has 0 bridgehead atoms. The van der Waals surface area contributed by atoms with Gasteiger partial charge in [0.15, 0.2) is 0 Å². The lowest BCUT2D eigenvalue weighted by atomic mass is 10.2. The summed E-state index contributed by atoms with van der Waals surface area (Å²) in [4.78, 5) is 4.13. The van der Waals surface area contributed by atoms with Gasteiger partial charge in [0, 0.05) is 11.9 Å².